The van der Waals surface area contributed by atoms with Crippen LogP contribution in [0.4, 0.5) is 11.6 Å². The lowest BCUT2D eigenvalue weighted by molar-refractivity contribution is -0.120. The van der Waals surface area contributed by atoms with Gasteiger partial charge in [-0.1, -0.05) is 12.1 Å². The van der Waals surface area contributed by atoms with E-state index in [0.717, 1.165) is 81.8 Å². The molecule has 3 heterocycles. The number of hydrogen-bond acceptors (Lipinski definition) is 6. The Bertz CT molecular complexity index is 836. The molecule has 0 saturated carbocycles. The predicted molar refractivity (Wildman–Crippen MR) is 118 cm³/mol. The first kappa shape index (κ1) is 20.8. The van der Waals surface area contributed by atoms with E-state index in [4.69, 9.17) is 4.74 Å². The second-order valence-electron chi connectivity index (χ2n) is 8.29. The third-order valence-corrected chi connectivity index (χ3v) is 5.85. The number of carbonyl (C=O) groups is 1. The van der Waals surface area contributed by atoms with E-state index >= 15 is 0 Å². The molecule has 0 radical (unpaired) electrons. The van der Waals surface area contributed by atoms with E-state index in [-0.39, 0.29) is 11.8 Å². The van der Waals surface area contributed by atoms with Gasteiger partial charge in [0.1, 0.15) is 0 Å². The van der Waals surface area contributed by atoms with Crippen LogP contribution in [0, 0.1) is 19.8 Å². The highest BCUT2D eigenvalue weighted by molar-refractivity contribution is 5.92. The van der Waals surface area contributed by atoms with Gasteiger partial charge in [-0.3, -0.25) is 9.69 Å². The van der Waals surface area contributed by atoms with E-state index in [1.54, 1.807) is 0 Å². The zero-order chi connectivity index (χ0) is 20.9. The zero-order valence-corrected chi connectivity index (χ0v) is 17.9. The van der Waals surface area contributed by atoms with Crippen LogP contribution in [0.2, 0.25) is 0 Å². The lowest BCUT2D eigenvalue weighted by atomic mass is 9.96. The molecule has 1 N–H and O–H groups in total. The molecule has 2 saturated heterocycles. The highest BCUT2D eigenvalue weighted by Crippen LogP contribution is 2.23. The Balaban J connectivity index is 1.27. The van der Waals surface area contributed by atoms with Crippen molar-refractivity contribution in [3.63, 3.8) is 0 Å². The Morgan fingerprint density at radius 1 is 1.03 bits per heavy atom. The topological polar surface area (TPSA) is 70.6 Å². The molecule has 0 spiro atoms. The summed E-state index contributed by atoms with van der Waals surface area (Å²) in [6.07, 6.45) is 1.63. The third-order valence-electron chi connectivity index (χ3n) is 5.85. The van der Waals surface area contributed by atoms with Crippen LogP contribution in [0.25, 0.3) is 0 Å². The fourth-order valence-corrected chi connectivity index (χ4v) is 4.15. The molecule has 0 aliphatic carbocycles. The Morgan fingerprint density at radius 3 is 2.30 bits per heavy atom. The van der Waals surface area contributed by atoms with Gasteiger partial charge < -0.3 is 15.0 Å². The fraction of sp³-hybridized carbons (Fsp3) is 0.522. The molecule has 0 bridgehead atoms. The van der Waals surface area contributed by atoms with E-state index in [1.165, 1.54) is 5.56 Å². The van der Waals surface area contributed by atoms with Gasteiger partial charge in [0.15, 0.2) is 0 Å². The van der Waals surface area contributed by atoms with Gasteiger partial charge in [-0.25, -0.2) is 9.97 Å². The van der Waals surface area contributed by atoms with Gasteiger partial charge >= 0.3 is 0 Å². The Labute approximate surface area is 178 Å². The summed E-state index contributed by atoms with van der Waals surface area (Å²) in [5.74, 6) is 0.916. The van der Waals surface area contributed by atoms with Crippen molar-refractivity contribution < 1.29 is 9.53 Å². The van der Waals surface area contributed by atoms with Crippen LogP contribution in [0.3, 0.4) is 0 Å². The maximum absolute atomic E-state index is 12.7. The number of carbonyl (C=O) groups excluding carboxylic acids is 1. The van der Waals surface area contributed by atoms with Crippen molar-refractivity contribution >= 4 is 17.5 Å². The van der Waals surface area contributed by atoms with Crippen molar-refractivity contribution in [1.82, 2.24) is 14.9 Å². The second-order valence-corrected chi connectivity index (χ2v) is 8.29. The number of aryl methyl sites for hydroxylation is 2. The van der Waals surface area contributed by atoms with Gasteiger partial charge in [0.2, 0.25) is 11.9 Å². The summed E-state index contributed by atoms with van der Waals surface area (Å²) in [5, 5.41) is 3.09. The number of rotatable bonds is 5. The van der Waals surface area contributed by atoms with E-state index < -0.39 is 0 Å². The number of hydrogen-bond donors (Lipinski definition) is 1. The summed E-state index contributed by atoms with van der Waals surface area (Å²) >= 11 is 0. The summed E-state index contributed by atoms with van der Waals surface area (Å²) in [6, 6.07) is 10.2. The quantitative estimate of drug-likeness (QED) is 0.819. The number of ether oxygens (including phenoxy) is 1. The molecule has 7 nitrogen and oxygen atoms in total. The number of amides is 1. The van der Waals surface area contributed by atoms with Crippen LogP contribution in [-0.2, 0) is 16.1 Å². The van der Waals surface area contributed by atoms with Crippen molar-refractivity contribution in [2.45, 2.75) is 33.2 Å². The van der Waals surface area contributed by atoms with Crippen molar-refractivity contribution in [2.24, 2.45) is 5.92 Å². The van der Waals surface area contributed by atoms with Gasteiger partial charge in [-0.15, -0.1) is 0 Å². The summed E-state index contributed by atoms with van der Waals surface area (Å²) in [6.45, 7) is 10.1. The summed E-state index contributed by atoms with van der Waals surface area (Å²) in [5.41, 5.74) is 4.09. The molecule has 2 aromatic rings. The van der Waals surface area contributed by atoms with E-state index in [0.29, 0.717) is 0 Å². The molecule has 0 atom stereocenters. The van der Waals surface area contributed by atoms with Crippen LogP contribution >= 0.6 is 0 Å². The van der Waals surface area contributed by atoms with Gasteiger partial charge in [0.05, 0.1) is 13.2 Å². The fourth-order valence-electron chi connectivity index (χ4n) is 4.15. The predicted octanol–water partition coefficient (Wildman–Crippen LogP) is 2.78. The lowest BCUT2D eigenvalue weighted by Crippen LogP contribution is -2.39. The molecule has 2 fully saturated rings. The highest BCUT2D eigenvalue weighted by Gasteiger charge is 2.26. The van der Waals surface area contributed by atoms with Gasteiger partial charge in [-0.2, -0.15) is 0 Å². The van der Waals surface area contributed by atoms with Crippen molar-refractivity contribution in [2.75, 3.05) is 49.6 Å². The Kier molecular flexibility index (Phi) is 6.59. The number of aromatic nitrogens is 2. The minimum Gasteiger partial charge on any atom is -0.379 e. The van der Waals surface area contributed by atoms with Crippen molar-refractivity contribution in [3.8, 4) is 0 Å². The number of nitrogens with zero attached hydrogens (tertiary/aromatic N) is 4. The smallest absolute Gasteiger partial charge is 0.227 e. The average Bonchev–Trinajstić information content (AvgIpc) is 2.75. The van der Waals surface area contributed by atoms with Crippen LogP contribution in [-0.4, -0.2) is 60.2 Å². The average molecular weight is 410 g/mol. The standard InChI is InChI=1S/C23H31N5O2/c1-17-15-18(2)25-23(24-17)28-9-7-20(8-10-28)22(29)26-21-5-3-19(4-6-21)16-27-11-13-30-14-12-27/h3-6,15,20H,7-14,16H2,1-2H3,(H,26,29). The molecule has 2 aliphatic rings. The van der Waals surface area contributed by atoms with Crippen molar-refractivity contribution in [1.29, 1.82) is 0 Å². The minimum absolute atomic E-state index is 0.0279. The lowest BCUT2D eigenvalue weighted by Gasteiger charge is -2.31. The molecule has 4 rings (SSSR count). The Morgan fingerprint density at radius 2 is 1.67 bits per heavy atom. The SMILES string of the molecule is Cc1cc(C)nc(N2CCC(C(=O)Nc3ccc(CN4CCOCC4)cc3)CC2)n1. The largest absolute Gasteiger partial charge is 0.379 e. The van der Waals surface area contributed by atoms with E-state index in [9.17, 15) is 4.79 Å². The normalized spacial score (nSPS) is 18.4. The summed E-state index contributed by atoms with van der Waals surface area (Å²) in [4.78, 5) is 26.4. The molecule has 0 unspecified atom stereocenters. The van der Waals surface area contributed by atoms with E-state index in [1.807, 2.05) is 32.0 Å². The van der Waals surface area contributed by atoms with Crippen LogP contribution in [0.15, 0.2) is 30.3 Å². The molecular weight excluding hydrogens is 378 g/mol. The Hall–Kier alpha value is -2.51. The molecule has 30 heavy (non-hydrogen) atoms. The van der Waals surface area contributed by atoms with Crippen LogP contribution < -0.4 is 10.2 Å². The maximum atomic E-state index is 12.7. The minimum atomic E-state index is 0.0279. The van der Waals surface area contributed by atoms with E-state index in [2.05, 4.69) is 37.2 Å². The molecule has 160 valence electrons. The maximum Gasteiger partial charge on any atom is 0.227 e. The van der Waals surface area contributed by atoms with Gasteiger partial charge in [0, 0.05) is 55.7 Å². The third kappa shape index (κ3) is 5.34. The molecule has 1 aromatic carbocycles. The summed E-state index contributed by atoms with van der Waals surface area (Å²) < 4.78 is 5.40. The van der Waals surface area contributed by atoms with Crippen LogP contribution in [0.1, 0.15) is 29.8 Å². The summed E-state index contributed by atoms with van der Waals surface area (Å²) in [7, 11) is 0. The number of nitrogens with one attached hydrogen (secondary N) is 1. The number of piperidine rings is 1. The highest BCUT2D eigenvalue weighted by atomic mass is 16.5. The number of anilines is 2. The monoisotopic (exact) mass is 409 g/mol. The molecular formula is C23H31N5O2. The second kappa shape index (κ2) is 9.53. The van der Waals surface area contributed by atoms with Gasteiger partial charge in [0.25, 0.3) is 0 Å². The van der Waals surface area contributed by atoms with Crippen molar-refractivity contribution in [3.05, 3.63) is 47.3 Å². The number of benzene rings is 1. The molecule has 1 amide bonds. The first-order chi connectivity index (χ1) is 14.6. The molecule has 7 heteroatoms. The first-order valence-corrected chi connectivity index (χ1v) is 10.8. The zero-order valence-electron chi connectivity index (χ0n) is 17.9. The van der Waals surface area contributed by atoms with Gasteiger partial charge in [-0.05, 0) is 50.5 Å². The first-order valence-electron chi connectivity index (χ1n) is 10.8. The molecule has 1 aromatic heterocycles. The molecule has 2 aliphatic heterocycles. The van der Waals surface area contributed by atoms with Crippen LogP contribution in [0.5, 0.6) is 0 Å². The number of morpholine rings is 1.